The van der Waals surface area contributed by atoms with E-state index in [1.165, 1.54) is 17.1 Å². The van der Waals surface area contributed by atoms with Gasteiger partial charge in [-0.2, -0.15) is 4.31 Å². The number of hydrogen-bond acceptors (Lipinski definition) is 4. The van der Waals surface area contributed by atoms with Gasteiger partial charge in [-0.15, -0.1) is 11.3 Å². The van der Waals surface area contributed by atoms with Gasteiger partial charge in [0.05, 0.1) is 0 Å². The van der Waals surface area contributed by atoms with Crippen LogP contribution in [0.15, 0.2) is 10.3 Å². The Labute approximate surface area is 132 Å². The molecule has 1 unspecified atom stereocenters. The summed E-state index contributed by atoms with van der Waals surface area (Å²) in [6.45, 7) is 8.60. The fourth-order valence-electron chi connectivity index (χ4n) is 2.26. The Bertz CT molecular complexity index is 589. The Kier molecular flexibility index (Phi) is 5.13. The van der Waals surface area contributed by atoms with E-state index in [0.29, 0.717) is 17.5 Å². The maximum Gasteiger partial charge on any atom is 0.244 e. The summed E-state index contributed by atoms with van der Waals surface area (Å²) in [5.41, 5.74) is 0.857. The largest absolute Gasteiger partial charge is 0.309 e. The maximum absolute atomic E-state index is 12.9. The fraction of sp³-hybridized carbons (Fsp3) is 0.733. The van der Waals surface area contributed by atoms with Gasteiger partial charge in [-0.3, -0.25) is 0 Å². The molecule has 1 atom stereocenters. The van der Waals surface area contributed by atoms with Crippen molar-refractivity contribution < 1.29 is 8.42 Å². The summed E-state index contributed by atoms with van der Waals surface area (Å²) in [6.07, 6.45) is 2.41. The first-order chi connectivity index (χ1) is 9.75. The lowest BCUT2D eigenvalue weighted by Crippen LogP contribution is -2.38. The molecule has 1 aromatic rings. The molecule has 120 valence electrons. The lowest BCUT2D eigenvalue weighted by Gasteiger charge is -2.27. The van der Waals surface area contributed by atoms with E-state index < -0.39 is 10.0 Å². The average molecular weight is 331 g/mol. The molecule has 0 amide bonds. The van der Waals surface area contributed by atoms with Crippen LogP contribution in [0.3, 0.4) is 0 Å². The highest BCUT2D eigenvalue weighted by atomic mass is 32.2. The lowest BCUT2D eigenvalue weighted by molar-refractivity contribution is 0.315. The minimum absolute atomic E-state index is 0.0152. The summed E-state index contributed by atoms with van der Waals surface area (Å²) in [5.74, 6) is 0.289. The van der Waals surface area contributed by atoms with Crippen LogP contribution in [0.25, 0.3) is 0 Å². The first kappa shape index (κ1) is 16.9. The van der Waals surface area contributed by atoms with Gasteiger partial charge in [0.15, 0.2) is 0 Å². The third kappa shape index (κ3) is 3.67. The van der Waals surface area contributed by atoms with Crippen LogP contribution in [0, 0.1) is 12.8 Å². The third-order valence-corrected chi connectivity index (χ3v) is 7.70. The second-order valence-corrected chi connectivity index (χ2v) is 9.23. The van der Waals surface area contributed by atoms with Gasteiger partial charge < -0.3 is 5.32 Å². The van der Waals surface area contributed by atoms with Gasteiger partial charge >= 0.3 is 0 Å². The van der Waals surface area contributed by atoms with Crippen molar-refractivity contribution in [2.75, 3.05) is 7.05 Å². The molecule has 1 heterocycles. The molecule has 1 fully saturated rings. The molecule has 1 saturated carbocycles. The Hall–Kier alpha value is -0.430. The van der Waals surface area contributed by atoms with E-state index in [2.05, 4.69) is 5.32 Å². The molecule has 0 saturated heterocycles. The molecule has 1 aromatic heterocycles. The van der Waals surface area contributed by atoms with Crippen molar-refractivity contribution in [2.45, 2.75) is 64.1 Å². The molecule has 1 aliphatic rings. The van der Waals surface area contributed by atoms with Gasteiger partial charge in [-0.1, -0.05) is 13.8 Å². The highest BCUT2D eigenvalue weighted by Gasteiger charge is 2.32. The molecular formula is C15H26N2O2S2. The summed E-state index contributed by atoms with van der Waals surface area (Å²) < 4.78 is 27.4. The van der Waals surface area contributed by atoms with Crippen LogP contribution in [0.2, 0.25) is 0 Å². The highest BCUT2D eigenvalue weighted by molar-refractivity contribution is 7.89. The van der Waals surface area contributed by atoms with Gasteiger partial charge in [0.1, 0.15) is 4.90 Å². The first-order valence-corrected chi connectivity index (χ1v) is 9.85. The van der Waals surface area contributed by atoms with E-state index in [1.54, 1.807) is 18.4 Å². The lowest BCUT2D eigenvalue weighted by atomic mass is 10.1. The standard InChI is InChI=1S/C15H26N2O2S2/c1-10(2)12(4)17(5)21(18,19)15-11(3)9-20-14(15)8-16-13-6-7-13/h9-10,12-13,16H,6-8H2,1-5H3. The average Bonchev–Trinajstić information content (AvgIpc) is 3.16. The Morgan fingerprint density at radius 3 is 2.52 bits per heavy atom. The summed E-state index contributed by atoms with van der Waals surface area (Å²) in [4.78, 5) is 1.44. The van der Waals surface area contributed by atoms with E-state index in [9.17, 15) is 8.42 Å². The molecule has 0 aliphatic heterocycles. The number of sulfonamides is 1. The van der Waals surface area contributed by atoms with Crippen molar-refractivity contribution in [3.8, 4) is 0 Å². The molecule has 0 aromatic carbocycles. The van der Waals surface area contributed by atoms with Gasteiger partial charge in [-0.05, 0) is 43.6 Å². The van der Waals surface area contributed by atoms with E-state index in [0.717, 1.165) is 10.4 Å². The Morgan fingerprint density at radius 2 is 2.00 bits per heavy atom. The quantitative estimate of drug-likeness (QED) is 0.836. The first-order valence-electron chi connectivity index (χ1n) is 7.53. The molecule has 0 radical (unpaired) electrons. The van der Waals surface area contributed by atoms with Crippen LogP contribution >= 0.6 is 11.3 Å². The monoisotopic (exact) mass is 330 g/mol. The summed E-state index contributed by atoms with van der Waals surface area (Å²) >= 11 is 1.54. The topological polar surface area (TPSA) is 49.4 Å². The van der Waals surface area contributed by atoms with Crippen LogP contribution in [-0.4, -0.2) is 31.9 Å². The number of aryl methyl sites for hydroxylation is 1. The molecule has 0 spiro atoms. The van der Waals surface area contributed by atoms with E-state index in [1.807, 2.05) is 33.1 Å². The molecule has 1 aliphatic carbocycles. The smallest absolute Gasteiger partial charge is 0.244 e. The molecule has 6 heteroatoms. The zero-order chi connectivity index (χ0) is 15.8. The molecular weight excluding hydrogens is 304 g/mol. The van der Waals surface area contributed by atoms with Crippen LogP contribution in [-0.2, 0) is 16.6 Å². The van der Waals surface area contributed by atoms with Crippen molar-refractivity contribution in [2.24, 2.45) is 5.92 Å². The zero-order valence-corrected chi connectivity index (χ0v) is 15.1. The number of hydrogen-bond donors (Lipinski definition) is 1. The second kappa shape index (κ2) is 6.36. The Morgan fingerprint density at radius 1 is 1.38 bits per heavy atom. The molecule has 4 nitrogen and oxygen atoms in total. The van der Waals surface area contributed by atoms with Gasteiger partial charge in [0.2, 0.25) is 10.0 Å². The summed E-state index contributed by atoms with van der Waals surface area (Å²) in [7, 11) is -1.74. The fourth-order valence-corrected chi connectivity index (χ4v) is 5.46. The van der Waals surface area contributed by atoms with Crippen LogP contribution < -0.4 is 5.32 Å². The summed E-state index contributed by atoms with van der Waals surface area (Å²) in [5, 5.41) is 5.37. The normalized spacial score (nSPS) is 17.7. The van der Waals surface area contributed by atoms with E-state index in [4.69, 9.17) is 0 Å². The molecule has 1 N–H and O–H groups in total. The van der Waals surface area contributed by atoms with Crippen LogP contribution in [0.4, 0.5) is 0 Å². The maximum atomic E-state index is 12.9. The van der Waals surface area contributed by atoms with E-state index >= 15 is 0 Å². The van der Waals surface area contributed by atoms with E-state index in [-0.39, 0.29) is 12.0 Å². The summed E-state index contributed by atoms with van der Waals surface area (Å²) in [6, 6.07) is 0.564. The predicted octanol–water partition coefficient (Wildman–Crippen LogP) is 2.97. The van der Waals surface area contributed by atoms with Crippen molar-refractivity contribution in [1.29, 1.82) is 0 Å². The predicted molar refractivity (Wildman–Crippen MR) is 88.2 cm³/mol. The van der Waals surface area contributed by atoms with Crippen molar-refractivity contribution in [3.63, 3.8) is 0 Å². The van der Waals surface area contributed by atoms with Crippen molar-refractivity contribution in [3.05, 3.63) is 15.8 Å². The molecule has 0 bridgehead atoms. The Balaban J connectivity index is 2.27. The highest BCUT2D eigenvalue weighted by Crippen LogP contribution is 2.31. The van der Waals surface area contributed by atoms with Crippen LogP contribution in [0.5, 0.6) is 0 Å². The number of thiophene rings is 1. The number of rotatable bonds is 7. The molecule has 2 rings (SSSR count). The molecule has 21 heavy (non-hydrogen) atoms. The zero-order valence-electron chi connectivity index (χ0n) is 13.5. The van der Waals surface area contributed by atoms with Crippen molar-refractivity contribution in [1.82, 2.24) is 9.62 Å². The van der Waals surface area contributed by atoms with Gasteiger partial charge in [0.25, 0.3) is 0 Å². The van der Waals surface area contributed by atoms with Gasteiger partial charge in [0, 0.05) is 30.6 Å². The second-order valence-electron chi connectivity index (χ2n) is 6.33. The van der Waals surface area contributed by atoms with Gasteiger partial charge in [-0.25, -0.2) is 8.42 Å². The number of nitrogens with zero attached hydrogens (tertiary/aromatic N) is 1. The van der Waals surface area contributed by atoms with Crippen molar-refractivity contribution >= 4 is 21.4 Å². The number of nitrogens with one attached hydrogen (secondary N) is 1. The third-order valence-electron chi connectivity index (χ3n) is 4.29. The SMILES string of the molecule is Cc1csc(CNC2CC2)c1S(=O)(=O)N(C)C(C)C(C)C. The minimum Gasteiger partial charge on any atom is -0.309 e. The minimum atomic E-state index is -3.42. The van der Waals surface area contributed by atoms with Crippen LogP contribution in [0.1, 0.15) is 44.1 Å².